The van der Waals surface area contributed by atoms with Crippen LogP contribution in [0.5, 0.6) is 0 Å². The SMILES string of the molecule is CCOCCN(CC)c1ccc(CCN)cc1F. The summed E-state index contributed by atoms with van der Waals surface area (Å²) in [5, 5.41) is 0. The van der Waals surface area contributed by atoms with Gasteiger partial charge in [0.25, 0.3) is 0 Å². The summed E-state index contributed by atoms with van der Waals surface area (Å²) in [5.74, 6) is -0.181. The van der Waals surface area contributed by atoms with Crippen LogP contribution >= 0.6 is 0 Å². The summed E-state index contributed by atoms with van der Waals surface area (Å²) in [6, 6.07) is 5.34. The molecule has 18 heavy (non-hydrogen) atoms. The molecule has 0 aliphatic carbocycles. The number of nitrogens with zero attached hydrogens (tertiary/aromatic N) is 1. The summed E-state index contributed by atoms with van der Waals surface area (Å²) in [6.07, 6.45) is 0.711. The van der Waals surface area contributed by atoms with E-state index >= 15 is 0 Å². The molecule has 0 radical (unpaired) electrons. The Bertz CT molecular complexity index is 358. The lowest BCUT2D eigenvalue weighted by Crippen LogP contribution is -2.28. The summed E-state index contributed by atoms with van der Waals surface area (Å²) in [6.45, 7) is 7.29. The van der Waals surface area contributed by atoms with Crippen molar-refractivity contribution in [1.82, 2.24) is 0 Å². The fourth-order valence-electron chi connectivity index (χ4n) is 1.90. The van der Waals surface area contributed by atoms with Crippen LogP contribution < -0.4 is 10.6 Å². The van der Waals surface area contributed by atoms with E-state index in [2.05, 4.69) is 0 Å². The molecule has 0 saturated carbocycles. The Hall–Kier alpha value is -1.13. The first-order chi connectivity index (χ1) is 8.72. The summed E-state index contributed by atoms with van der Waals surface area (Å²) in [7, 11) is 0. The Kier molecular flexibility index (Phi) is 6.68. The van der Waals surface area contributed by atoms with Crippen LogP contribution in [0.2, 0.25) is 0 Å². The zero-order valence-electron chi connectivity index (χ0n) is 11.3. The Balaban J connectivity index is 2.73. The van der Waals surface area contributed by atoms with Crippen LogP contribution in [0, 0.1) is 5.82 Å². The van der Waals surface area contributed by atoms with Gasteiger partial charge >= 0.3 is 0 Å². The zero-order chi connectivity index (χ0) is 13.4. The quantitative estimate of drug-likeness (QED) is 0.723. The number of ether oxygens (including phenoxy) is 1. The fourth-order valence-corrected chi connectivity index (χ4v) is 1.90. The lowest BCUT2D eigenvalue weighted by molar-refractivity contribution is 0.154. The van der Waals surface area contributed by atoms with Crippen LogP contribution in [0.25, 0.3) is 0 Å². The van der Waals surface area contributed by atoms with Gasteiger partial charge in [-0.25, -0.2) is 4.39 Å². The van der Waals surface area contributed by atoms with Crippen LogP contribution in [-0.4, -0.2) is 32.8 Å². The molecule has 0 aromatic heterocycles. The van der Waals surface area contributed by atoms with Crippen LogP contribution in [-0.2, 0) is 11.2 Å². The first-order valence-electron chi connectivity index (χ1n) is 6.54. The maximum absolute atomic E-state index is 14.0. The topological polar surface area (TPSA) is 38.5 Å². The Morgan fingerprint density at radius 1 is 1.33 bits per heavy atom. The normalized spacial score (nSPS) is 10.7. The molecule has 0 aliphatic heterocycles. The molecular formula is C14H23FN2O. The highest BCUT2D eigenvalue weighted by Gasteiger charge is 2.10. The van der Waals surface area contributed by atoms with E-state index in [0.29, 0.717) is 38.4 Å². The van der Waals surface area contributed by atoms with Gasteiger partial charge in [-0.2, -0.15) is 0 Å². The first kappa shape index (κ1) is 14.9. The average molecular weight is 254 g/mol. The minimum atomic E-state index is -0.181. The molecule has 1 aromatic rings. The number of hydrogen-bond donors (Lipinski definition) is 1. The third-order valence-electron chi connectivity index (χ3n) is 2.88. The van der Waals surface area contributed by atoms with Crippen molar-refractivity contribution in [2.75, 3.05) is 37.7 Å². The van der Waals surface area contributed by atoms with Crippen LogP contribution in [0.3, 0.4) is 0 Å². The highest BCUT2D eigenvalue weighted by atomic mass is 19.1. The Morgan fingerprint density at radius 3 is 2.67 bits per heavy atom. The highest BCUT2D eigenvalue weighted by molar-refractivity contribution is 5.49. The maximum atomic E-state index is 14.0. The van der Waals surface area contributed by atoms with Crippen LogP contribution in [0.1, 0.15) is 19.4 Å². The largest absolute Gasteiger partial charge is 0.380 e. The molecule has 4 heteroatoms. The van der Waals surface area contributed by atoms with E-state index < -0.39 is 0 Å². The third-order valence-corrected chi connectivity index (χ3v) is 2.88. The Labute approximate surface area is 109 Å². The molecule has 1 rings (SSSR count). The Morgan fingerprint density at radius 2 is 2.11 bits per heavy atom. The lowest BCUT2D eigenvalue weighted by Gasteiger charge is -2.23. The molecule has 102 valence electrons. The van der Waals surface area contributed by atoms with E-state index in [9.17, 15) is 4.39 Å². The summed E-state index contributed by atoms with van der Waals surface area (Å²) in [5.41, 5.74) is 7.05. The van der Waals surface area contributed by atoms with Gasteiger partial charge < -0.3 is 15.4 Å². The second kappa shape index (κ2) is 8.06. The zero-order valence-corrected chi connectivity index (χ0v) is 11.3. The minimum Gasteiger partial charge on any atom is -0.380 e. The molecule has 0 atom stereocenters. The minimum absolute atomic E-state index is 0.181. The molecular weight excluding hydrogens is 231 g/mol. The number of hydrogen-bond acceptors (Lipinski definition) is 3. The molecule has 0 unspecified atom stereocenters. The van der Waals surface area contributed by atoms with Crippen molar-refractivity contribution in [3.05, 3.63) is 29.6 Å². The summed E-state index contributed by atoms with van der Waals surface area (Å²) >= 11 is 0. The molecule has 0 amide bonds. The van der Waals surface area contributed by atoms with E-state index in [1.807, 2.05) is 30.9 Å². The number of nitrogens with two attached hydrogens (primary N) is 1. The van der Waals surface area contributed by atoms with Gasteiger partial charge in [0, 0.05) is 19.7 Å². The van der Waals surface area contributed by atoms with Crippen molar-refractivity contribution in [1.29, 1.82) is 0 Å². The summed E-state index contributed by atoms with van der Waals surface area (Å²) < 4.78 is 19.3. The van der Waals surface area contributed by atoms with Gasteiger partial charge in [-0.3, -0.25) is 0 Å². The van der Waals surface area contributed by atoms with E-state index in [0.717, 1.165) is 12.1 Å². The molecule has 0 spiro atoms. The van der Waals surface area contributed by atoms with Crippen molar-refractivity contribution in [2.24, 2.45) is 5.73 Å². The number of likely N-dealkylation sites (N-methyl/N-ethyl adjacent to an activating group) is 1. The molecule has 2 N–H and O–H groups in total. The molecule has 0 heterocycles. The van der Waals surface area contributed by atoms with Gasteiger partial charge in [0.15, 0.2) is 0 Å². The monoisotopic (exact) mass is 254 g/mol. The maximum Gasteiger partial charge on any atom is 0.146 e. The van der Waals surface area contributed by atoms with Crippen molar-refractivity contribution >= 4 is 5.69 Å². The van der Waals surface area contributed by atoms with Gasteiger partial charge in [-0.1, -0.05) is 6.07 Å². The molecule has 0 aliphatic rings. The molecule has 0 fully saturated rings. The second-order valence-electron chi connectivity index (χ2n) is 4.10. The number of halogens is 1. The van der Waals surface area contributed by atoms with E-state index in [-0.39, 0.29) is 5.82 Å². The van der Waals surface area contributed by atoms with Crippen LogP contribution in [0.15, 0.2) is 18.2 Å². The lowest BCUT2D eigenvalue weighted by atomic mass is 10.1. The standard InChI is InChI=1S/C14H23FN2O/c1-3-17(9-10-18-4-2)14-6-5-12(7-8-16)11-13(14)15/h5-6,11H,3-4,7-10,16H2,1-2H3. The van der Waals surface area contributed by atoms with Crippen molar-refractivity contribution < 1.29 is 9.13 Å². The fraction of sp³-hybridized carbons (Fsp3) is 0.571. The van der Waals surface area contributed by atoms with Crippen molar-refractivity contribution in [3.8, 4) is 0 Å². The number of anilines is 1. The predicted octanol–water partition coefficient (Wildman–Crippen LogP) is 2.19. The molecule has 1 aromatic carbocycles. The van der Waals surface area contributed by atoms with Gasteiger partial charge in [0.05, 0.1) is 12.3 Å². The smallest absolute Gasteiger partial charge is 0.146 e. The van der Waals surface area contributed by atoms with Crippen molar-refractivity contribution in [3.63, 3.8) is 0 Å². The highest BCUT2D eigenvalue weighted by Crippen LogP contribution is 2.20. The number of rotatable bonds is 8. The number of benzene rings is 1. The van der Waals surface area contributed by atoms with Gasteiger partial charge in [-0.15, -0.1) is 0 Å². The molecule has 0 bridgehead atoms. The van der Waals surface area contributed by atoms with Crippen molar-refractivity contribution in [2.45, 2.75) is 20.3 Å². The van der Waals surface area contributed by atoms with Gasteiger partial charge in [0.1, 0.15) is 5.82 Å². The van der Waals surface area contributed by atoms with E-state index in [1.54, 1.807) is 6.07 Å². The van der Waals surface area contributed by atoms with Gasteiger partial charge in [-0.05, 0) is 44.5 Å². The second-order valence-corrected chi connectivity index (χ2v) is 4.10. The molecule has 0 saturated heterocycles. The summed E-state index contributed by atoms with van der Waals surface area (Å²) in [4.78, 5) is 1.98. The average Bonchev–Trinajstić information content (AvgIpc) is 2.36. The predicted molar refractivity (Wildman–Crippen MR) is 73.5 cm³/mol. The molecule has 3 nitrogen and oxygen atoms in total. The first-order valence-corrected chi connectivity index (χ1v) is 6.54. The van der Waals surface area contributed by atoms with E-state index in [1.165, 1.54) is 0 Å². The third kappa shape index (κ3) is 4.27. The van der Waals surface area contributed by atoms with Crippen LogP contribution in [0.4, 0.5) is 10.1 Å². The van der Waals surface area contributed by atoms with Gasteiger partial charge in [0.2, 0.25) is 0 Å². The van der Waals surface area contributed by atoms with E-state index in [4.69, 9.17) is 10.5 Å².